The first-order valence-electron chi connectivity index (χ1n) is 6.93. The second kappa shape index (κ2) is 7.95. The van der Waals surface area contributed by atoms with Crippen molar-refractivity contribution in [1.82, 2.24) is 9.84 Å². The molecule has 0 saturated heterocycles. The Morgan fingerprint density at radius 2 is 1.92 bits per heavy atom. The zero-order valence-electron chi connectivity index (χ0n) is 13.2. The van der Waals surface area contributed by atoms with Crippen molar-refractivity contribution in [2.45, 2.75) is 4.90 Å². The van der Waals surface area contributed by atoms with Crippen molar-refractivity contribution in [2.75, 3.05) is 19.4 Å². The highest BCUT2D eigenvalue weighted by atomic mass is 32.2. The van der Waals surface area contributed by atoms with Crippen LogP contribution in [0, 0.1) is 11.6 Å². The molecule has 0 aliphatic heterocycles. The molecular formula is C15H18F2N6S. The van der Waals surface area contributed by atoms with Crippen LogP contribution in [0.4, 0.5) is 20.2 Å². The van der Waals surface area contributed by atoms with Crippen LogP contribution < -0.4 is 21.6 Å². The lowest BCUT2D eigenvalue weighted by Crippen LogP contribution is -2.26. The minimum absolute atomic E-state index is 0.184. The fourth-order valence-corrected chi connectivity index (χ4v) is 2.53. The summed E-state index contributed by atoms with van der Waals surface area (Å²) in [6.45, 7) is 0. The van der Waals surface area contributed by atoms with Crippen LogP contribution in [0.5, 0.6) is 0 Å². The Morgan fingerprint density at radius 1 is 1.17 bits per heavy atom. The Bertz CT molecular complexity index is 751. The van der Waals surface area contributed by atoms with E-state index in [2.05, 4.69) is 15.1 Å². The molecule has 0 atom stereocenters. The number of halogens is 2. The Morgan fingerprint density at radius 3 is 2.54 bits per heavy atom. The summed E-state index contributed by atoms with van der Waals surface area (Å²) < 4.78 is 29.4. The first kappa shape index (κ1) is 18.0. The molecule has 0 spiro atoms. The summed E-state index contributed by atoms with van der Waals surface area (Å²) in [6, 6.07) is 8.99. The lowest BCUT2D eigenvalue weighted by molar-refractivity contribution is 0.371. The van der Waals surface area contributed by atoms with Crippen LogP contribution in [0.15, 0.2) is 46.4 Å². The van der Waals surface area contributed by atoms with Gasteiger partial charge in [0.2, 0.25) is 0 Å². The van der Waals surface area contributed by atoms with Crippen molar-refractivity contribution in [3.05, 3.63) is 53.6 Å². The van der Waals surface area contributed by atoms with Gasteiger partial charge in [0.15, 0.2) is 17.5 Å². The fourth-order valence-electron chi connectivity index (χ4n) is 1.98. The molecule has 0 bridgehead atoms. The Kier molecular flexibility index (Phi) is 5.96. The number of nitrogens with zero attached hydrogens (tertiary/aromatic N) is 2. The van der Waals surface area contributed by atoms with E-state index in [9.17, 15) is 8.78 Å². The minimum Gasteiger partial charge on any atom is -0.382 e. The number of benzene rings is 2. The summed E-state index contributed by atoms with van der Waals surface area (Å²) in [5.74, 6) is 3.84. The summed E-state index contributed by atoms with van der Waals surface area (Å²) in [4.78, 5) is 0.904. The molecule has 9 heteroatoms. The highest BCUT2D eigenvalue weighted by molar-refractivity contribution is 7.97. The maximum atomic E-state index is 13.4. The zero-order chi connectivity index (χ0) is 17.7. The van der Waals surface area contributed by atoms with E-state index in [1.54, 1.807) is 20.2 Å². The molecule has 2 aromatic carbocycles. The van der Waals surface area contributed by atoms with Crippen LogP contribution in [-0.2, 0) is 0 Å². The minimum atomic E-state index is -0.938. The van der Waals surface area contributed by atoms with Gasteiger partial charge in [0.05, 0.1) is 0 Å². The van der Waals surface area contributed by atoms with Crippen molar-refractivity contribution in [2.24, 2.45) is 16.7 Å². The molecule has 2 aromatic rings. The quantitative estimate of drug-likeness (QED) is 0.210. The first-order valence-corrected chi connectivity index (χ1v) is 7.75. The van der Waals surface area contributed by atoms with Crippen LogP contribution in [0.1, 0.15) is 5.56 Å². The number of anilines is 2. The van der Waals surface area contributed by atoms with Gasteiger partial charge in [-0.2, -0.15) is 0 Å². The van der Waals surface area contributed by atoms with Gasteiger partial charge >= 0.3 is 0 Å². The molecule has 0 fully saturated rings. The number of hydrogen-bond acceptors (Lipinski definition) is 6. The van der Waals surface area contributed by atoms with Crippen LogP contribution in [0.2, 0.25) is 0 Å². The smallest absolute Gasteiger partial charge is 0.160 e. The Balaban J connectivity index is 2.41. The van der Waals surface area contributed by atoms with Gasteiger partial charge in [0, 0.05) is 34.9 Å². The van der Waals surface area contributed by atoms with Crippen molar-refractivity contribution in [1.29, 1.82) is 0 Å². The van der Waals surface area contributed by atoms with Gasteiger partial charge in [-0.05, 0) is 49.3 Å². The first-order chi connectivity index (χ1) is 11.4. The molecule has 0 unspecified atom stereocenters. The summed E-state index contributed by atoms with van der Waals surface area (Å²) in [5, 5.41) is 8.08. The lowest BCUT2D eigenvalue weighted by atomic mass is 10.1. The molecule has 0 aromatic heterocycles. The predicted molar refractivity (Wildman–Crippen MR) is 93.7 cm³/mol. The van der Waals surface area contributed by atoms with Crippen molar-refractivity contribution < 1.29 is 8.78 Å². The van der Waals surface area contributed by atoms with E-state index < -0.39 is 11.6 Å². The molecule has 0 heterocycles. The summed E-state index contributed by atoms with van der Waals surface area (Å²) >= 11 is 1.40. The van der Waals surface area contributed by atoms with Gasteiger partial charge in [-0.15, -0.1) is 5.10 Å². The maximum Gasteiger partial charge on any atom is 0.160 e. The molecule has 6 nitrogen and oxygen atoms in total. The average molecular weight is 352 g/mol. The maximum absolute atomic E-state index is 13.4. The van der Waals surface area contributed by atoms with E-state index in [0.29, 0.717) is 16.9 Å². The van der Waals surface area contributed by atoms with Gasteiger partial charge < -0.3 is 11.1 Å². The number of hydrazone groups is 1. The van der Waals surface area contributed by atoms with E-state index >= 15 is 0 Å². The van der Waals surface area contributed by atoms with Crippen molar-refractivity contribution in [3.8, 4) is 0 Å². The van der Waals surface area contributed by atoms with Crippen molar-refractivity contribution >= 4 is 29.2 Å². The predicted octanol–water partition coefficient (Wildman–Crippen LogP) is 2.36. The molecule has 0 aliphatic rings. The van der Waals surface area contributed by atoms with Crippen LogP contribution in [-0.4, -0.2) is 25.0 Å². The van der Waals surface area contributed by atoms with E-state index in [-0.39, 0.29) is 5.84 Å². The normalized spacial score (nSPS) is 11.5. The van der Waals surface area contributed by atoms with E-state index in [1.807, 2.05) is 12.1 Å². The number of hydrogen-bond donors (Lipinski definition) is 4. The summed E-state index contributed by atoms with van der Waals surface area (Å²) in [7, 11) is 3.34. The van der Waals surface area contributed by atoms with Gasteiger partial charge in [0.1, 0.15) is 0 Å². The van der Waals surface area contributed by atoms with Gasteiger partial charge in [0.25, 0.3) is 0 Å². The molecule has 2 rings (SSSR count). The monoisotopic (exact) mass is 352 g/mol. The molecule has 6 N–H and O–H groups in total. The lowest BCUT2D eigenvalue weighted by Gasteiger charge is -2.15. The number of amidine groups is 1. The second-order valence-corrected chi connectivity index (χ2v) is 5.91. The number of rotatable bonds is 6. The Hall–Kier alpha value is -2.36. The van der Waals surface area contributed by atoms with E-state index in [4.69, 9.17) is 11.6 Å². The molecule has 0 saturated carbocycles. The standard InChI is InChI=1S/C15H18F2N6S/c1-20-24-10-4-6-14(11(8-10)15(18)22-23(2)19)21-9-3-5-12(16)13(17)7-9/h3-8,20-21H,19H2,1-2H3,(H2,18,22). The average Bonchev–Trinajstić information content (AvgIpc) is 2.52. The van der Waals surface area contributed by atoms with E-state index in [1.165, 1.54) is 18.0 Å². The molecule has 24 heavy (non-hydrogen) atoms. The number of nitrogens with one attached hydrogen (secondary N) is 2. The number of nitrogens with two attached hydrogens (primary N) is 2. The zero-order valence-corrected chi connectivity index (χ0v) is 14.0. The molecular weight excluding hydrogens is 334 g/mol. The highest BCUT2D eigenvalue weighted by Gasteiger charge is 2.11. The molecule has 0 radical (unpaired) electrons. The van der Waals surface area contributed by atoms with Crippen molar-refractivity contribution in [3.63, 3.8) is 0 Å². The molecule has 0 amide bonds. The summed E-state index contributed by atoms with van der Waals surface area (Å²) in [6.07, 6.45) is 0. The third-order valence-electron chi connectivity index (χ3n) is 2.95. The largest absolute Gasteiger partial charge is 0.382 e. The van der Waals surface area contributed by atoms with Gasteiger partial charge in [-0.1, -0.05) is 0 Å². The molecule has 128 valence electrons. The topological polar surface area (TPSA) is 91.7 Å². The highest BCUT2D eigenvalue weighted by Crippen LogP contribution is 2.26. The third kappa shape index (κ3) is 4.57. The summed E-state index contributed by atoms with van der Waals surface area (Å²) in [5.41, 5.74) is 7.55. The van der Waals surface area contributed by atoms with Gasteiger partial charge in [-0.25, -0.2) is 19.7 Å². The van der Waals surface area contributed by atoms with E-state index in [0.717, 1.165) is 22.1 Å². The molecule has 0 aliphatic carbocycles. The fraction of sp³-hybridized carbons (Fsp3) is 0.133. The van der Waals surface area contributed by atoms with Crippen LogP contribution in [0.25, 0.3) is 0 Å². The SMILES string of the molecule is CNSc1ccc(Nc2ccc(F)c(F)c2)c(/C(N)=N/N(C)N)c1. The van der Waals surface area contributed by atoms with Gasteiger partial charge in [-0.3, -0.25) is 4.72 Å². The van der Waals surface area contributed by atoms with Crippen LogP contribution >= 0.6 is 11.9 Å². The third-order valence-corrected chi connectivity index (χ3v) is 3.64. The van der Waals surface area contributed by atoms with Crippen LogP contribution in [0.3, 0.4) is 0 Å². The Labute approximate surface area is 143 Å². The number of hydrazine groups is 1. The second-order valence-electron chi connectivity index (χ2n) is 4.83.